The van der Waals surface area contributed by atoms with Crippen molar-refractivity contribution < 1.29 is 4.42 Å². The summed E-state index contributed by atoms with van der Waals surface area (Å²) < 4.78 is 5.16. The maximum absolute atomic E-state index is 5.54. The summed E-state index contributed by atoms with van der Waals surface area (Å²) >= 11 is 7.18. The summed E-state index contributed by atoms with van der Waals surface area (Å²) in [6, 6.07) is 0. The van der Waals surface area contributed by atoms with Gasteiger partial charge in [0.15, 0.2) is 0 Å². The summed E-state index contributed by atoms with van der Waals surface area (Å²) in [4.78, 5) is 4.17. The van der Waals surface area contributed by atoms with E-state index in [0.29, 0.717) is 0 Å². The van der Waals surface area contributed by atoms with Crippen molar-refractivity contribution in [1.82, 2.24) is 4.98 Å². The van der Waals surface area contributed by atoms with Crippen LogP contribution in [0.15, 0.2) is 15.9 Å². The molecule has 4 heteroatoms. The number of hydrogen-bond donors (Lipinski definition) is 0. The third kappa shape index (κ3) is 3.50. The number of thioether (sulfide) groups is 1. The molecule has 0 aliphatic carbocycles. The van der Waals surface area contributed by atoms with Crippen LogP contribution in [-0.4, -0.2) is 16.6 Å². The van der Waals surface area contributed by atoms with Crippen LogP contribution in [0.4, 0.5) is 0 Å². The highest BCUT2D eigenvalue weighted by molar-refractivity contribution is 7.99. The monoisotopic (exact) mass is 205 g/mol. The van der Waals surface area contributed by atoms with Gasteiger partial charge in [-0.3, -0.25) is 0 Å². The SMILES string of the molecule is Cc1coc(SCCCCCl)n1. The maximum atomic E-state index is 5.54. The summed E-state index contributed by atoms with van der Waals surface area (Å²) in [5, 5.41) is 0.766. The first kappa shape index (κ1) is 9.93. The van der Waals surface area contributed by atoms with Gasteiger partial charge in [-0.05, 0) is 19.8 Å². The van der Waals surface area contributed by atoms with Gasteiger partial charge in [0.25, 0.3) is 5.22 Å². The molecule has 1 rings (SSSR count). The van der Waals surface area contributed by atoms with Crippen LogP contribution in [0, 0.1) is 6.92 Å². The van der Waals surface area contributed by atoms with Crippen molar-refractivity contribution in [1.29, 1.82) is 0 Å². The molecule has 0 fully saturated rings. The molecule has 1 aromatic heterocycles. The van der Waals surface area contributed by atoms with E-state index >= 15 is 0 Å². The minimum Gasteiger partial charge on any atom is -0.440 e. The molecule has 0 amide bonds. The summed E-state index contributed by atoms with van der Waals surface area (Å²) in [5.74, 6) is 1.78. The summed E-state index contributed by atoms with van der Waals surface area (Å²) in [6.45, 7) is 1.92. The lowest BCUT2D eigenvalue weighted by atomic mass is 10.4. The summed E-state index contributed by atoms with van der Waals surface area (Å²) in [6.07, 6.45) is 3.85. The van der Waals surface area contributed by atoms with Crippen LogP contribution in [0.5, 0.6) is 0 Å². The summed E-state index contributed by atoms with van der Waals surface area (Å²) in [5.41, 5.74) is 0.940. The van der Waals surface area contributed by atoms with Crippen molar-refractivity contribution in [3.05, 3.63) is 12.0 Å². The molecular formula is C8H12ClNOS. The molecule has 0 aliphatic heterocycles. The van der Waals surface area contributed by atoms with Gasteiger partial charge in [0, 0.05) is 11.6 Å². The lowest BCUT2D eigenvalue weighted by Crippen LogP contribution is -1.81. The van der Waals surface area contributed by atoms with E-state index in [9.17, 15) is 0 Å². The Balaban J connectivity index is 2.15. The van der Waals surface area contributed by atoms with E-state index in [4.69, 9.17) is 16.0 Å². The van der Waals surface area contributed by atoms with Gasteiger partial charge in [0.2, 0.25) is 0 Å². The van der Waals surface area contributed by atoms with E-state index < -0.39 is 0 Å². The van der Waals surface area contributed by atoms with Crippen LogP contribution < -0.4 is 0 Å². The predicted molar refractivity (Wildman–Crippen MR) is 51.9 cm³/mol. The van der Waals surface area contributed by atoms with E-state index in [-0.39, 0.29) is 0 Å². The van der Waals surface area contributed by atoms with E-state index in [1.165, 1.54) is 0 Å². The van der Waals surface area contributed by atoms with Crippen molar-refractivity contribution in [3.8, 4) is 0 Å². The standard InChI is InChI=1S/C8H12ClNOS/c1-7-6-11-8(10-7)12-5-3-2-4-9/h6H,2-5H2,1H3. The smallest absolute Gasteiger partial charge is 0.255 e. The number of oxazole rings is 1. The van der Waals surface area contributed by atoms with Crippen LogP contribution >= 0.6 is 23.4 Å². The third-order valence-corrected chi connectivity index (χ3v) is 2.55. The average molecular weight is 206 g/mol. The zero-order valence-electron chi connectivity index (χ0n) is 7.05. The fourth-order valence-corrected chi connectivity index (χ4v) is 1.79. The number of alkyl halides is 1. The van der Waals surface area contributed by atoms with Gasteiger partial charge in [-0.1, -0.05) is 11.8 Å². The molecule has 0 aromatic carbocycles. The predicted octanol–water partition coefficient (Wildman–Crippen LogP) is 3.09. The lowest BCUT2D eigenvalue weighted by molar-refractivity contribution is 0.454. The van der Waals surface area contributed by atoms with Crippen LogP contribution in [0.25, 0.3) is 0 Å². The number of unbranched alkanes of at least 4 members (excludes halogenated alkanes) is 1. The Morgan fingerprint density at radius 2 is 2.42 bits per heavy atom. The molecule has 68 valence electrons. The van der Waals surface area contributed by atoms with Gasteiger partial charge in [-0.2, -0.15) is 0 Å². The summed E-state index contributed by atoms with van der Waals surface area (Å²) in [7, 11) is 0. The fourth-order valence-electron chi connectivity index (χ4n) is 0.755. The number of aryl methyl sites for hydroxylation is 1. The number of halogens is 1. The number of nitrogens with zero attached hydrogens (tertiary/aromatic N) is 1. The highest BCUT2D eigenvalue weighted by Gasteiger charge is 1.99. The Kier molecular flexibility index (Phi) is 4.54. The molecule has 0 N–H and O–H groups in total. The second-order valence-corrected chi connectivity index (χ2v) is 3.92. The van der Waals surface area contributed by atoms with Crippen molar-refractivity contribution >= 4 is 23.4 Å². The Hall–Kier alpha value is -0.150. The zero-order chi connectivity index (χ0) is 8.81. The lowest BCUT2D eigenvalue weighted by Gasteiger charge is -1.93. The van der Waals surface area contributed by atoms with Crippen molar-refractivity contribution in [3.63, 3.8) is 0 Å². The molecule has 0 bridgehead atoms. The molecule has 0 spiro atoms. The zero-order valence-corrected chi connectivity index (χ0v) is 8.62. The second kappa shape index (κ2) is 5.49. The van der Waals surface area contributed by atoms with E-state index in [2.05, 4.69) is 4.98 Å². The van der Waals surface area contributed by atoms with Gasteiger partial charge >= 0.3 is 0 Å². The van der Waals surface area contributed by atoms with E-state index in [1.54, 1.807) is 18.0 Å². The molecule has 0 aliphatic rings. The largest absolute Gasteiger partial charge is 0.440 e. The van der Waals surface area contributed by atoms with Crippen molar-refractivity contribution in [2.24, 2.45) is 0 Å². The molecule has 2 nitrogen and oxygen atoms in total. The first-order valence-electron chi connectivity index (χ1n) is 3.94. The number of rotatable bonds is 5. The average Bonchev–Trinajstić information content (AvgIpc) is 2.45. The van der Waals surface area contributed by atoms with Gasteiger partial charge in [0.05, 0.1) is 5.69 Å². The highest BCUT2D eigenvalue weighted by atomic mass is 35.5. The molecule has 0 saturated carbocycles. The van der Waals surface area contributed by atoms with Crippen molar-refractivity contribution in [2.75, 3.05) is 11.6 Å². The Bertz CT molecular complexity index is 227. The van der Waals surface area contributed by atoms with Crippen LogP contribution in [0.2, 0.25) is 0 Å². The third-order valence-electron chi connectivity index (χ3n) is 1.35. The Morgan fingerprint density at radius 3 is 3.00 bits per heavy atom. The molecule has 12 heavy (non-hydrogen) atoms. The maximum Gasteiger partial charge on any atom is 0.255 e. The Labute approximate surface area is 81.7 Å². The normalized spacial score (nSPS) is 10.5. The van der Waals surface area contributed by atoms with Gasteiger partial charge in [-0.25, -0.2) is 4.98 Å². The molecule has 0 unspecified atom stereocenters. The van der Waals surface area contributed by atoms with E-state index in [1.807, 2.05) is 6.92 Å². The quantitative estimate of drug-likeness (QED) is 0.420. The van der Waals surface area contributed by atoms with E-state index in [0.717, 1.165) is 35.4 Å². The van der Waals surface area contributed by atoms with Gasteiger partial charge < -0.3 is 4.42 Å². The fraction of sp³-hybridized carbons (Fsp3) is 0.625. The van der Waals surface area contributed by atoms with Gasteiger partial charge in [0.1, 0.15) is 6.26 Å². The van der Waals surface area contributed by atoms with Crippen LogP contribution in [0.1, 0.15) is 18.5 Å². The van der Waals surface area contributed by atoms with Crippen LogP contribution in [0.3, 0.4) is 0 Å². The molecule has 0 radical (unpaired) electrons. The molecule has 0 atom stereocenters. The molecular weight excluding hydrogens is 194 g/mol. The first-order valence-corrected chi connectivity index (χ1v) is 5.46. The minimum absolute atomic E-state index is 0.741. The molecule has 1 aromatic rings. The second-order valence-electron chi connectivity index (χ2n) is 2.50. The highest BCUT2D eigenvalue weighted by Crippen LogP contribution is 2.17. The number of hydrogen-bond acceptors (Lipinski definition) is 3. The van der Waals surface area contributed by atoms with Gasteiger partial charge in [-0.15, -0.1) is 11.6 Å². The molecule has 0 saturated heterocycles. The molecule has 1 heterocycles. The minimum atomic E-state index is 0.741. The van der Waals surface area contributed by atoms with Crippen molar-refractivity contribution in [2.45, 2.75) is 25.0 Å². The Morgan fingerprint density at radius 1 is 1.58 bits per heavy atom. The first-order chi connectivity index (χ1) is 5.83. The number of aromatic nitrogens is 1. The van der Waals surface area contributed by atoms with Crippen LogP contribution in [-0.2, 0) is 0 Å². The topological polar surface area (TPSA) is 26.0 Å².